The Bertz CT molecular complexity index is 419. The van der Waals surface area contributed by atoms with Gasteiger partial charge in [-0.15, -0.1) is 0 Å². The third-order valence-corrected chi connectivity index (χ3v) is 4.99. The van der Waals surface area contributed by atoms with Crippen molar-refractivity contribution < 1.29 is 4.74 Å². The van der Waals surface area contributed by atoms with Crippen LogP contribution >= 0.6 is 0 Å². The van der Waals surface area contributed by atoms with Crippen LogP contribution in [-0.4, -0.2) is 5.60 Å². The second-order valence-corrected chi connectivity index (χ2v) is 6.36. The molecule has 1 nitrogen and oxygen atoms in total. The minimum Gasteiger partial charge on any atom is -0.486 e. The van der Waals surface area contributed by atoms with Crippen LogP contribution in [0.15, 0.2) is 24.3 Å². The number of rotatable bonds is 2. The molecule has 2 unspecified atom stereocenters. The van der Waals surface area contributed by atoms with Crippen LogP contribution in [0.1, 0.15) is 47.1 Å². The first-order valence-electron chi connectivity index (χ1n) is 6.59. The molecule has 0 aromatic heterocycles. The highest BCUT2D eigenvalue weighted by atomic mass is 16.5. The van der Waals surface area contributed by atoms with Crippen molar-refractivity contribution in [2.75, 3.05) is 0 Å². The molecule has 1 aromatic carbocycles. The molecule has 0 bridgehead atoms. The molecule has 0 radical (unpaired) electrons. The highest BCUT2D eigenvalue weighted by Gasteiger charge is 2.54. The highest BCUT2D eigenvalue weighted by molar-refractivity contribution is 5.46. The van der Waals surface area contributed by atoms with Crippen LogP contribution in [0.3, 0.4) is 0 Å². The maximum Gasteiger partial charge on any atom is 0.124 e. The van der Waals surface area contributed by atoms with E-state index in [9.17, 15) is 0 Å². The zero-order chi connectivity index (χ0) is 12.8. The summed E-state index contributed by atoms with van der Waals surface area (Å²) in [5.41, 5.74) is 1.29. The number of fused-ring (bicyclic) bond motifs is 1. The van der Waals surface area contributed by atoms with E-state index in [4.69, 9.17) is 4.74 Å². The largest absolute Gasteiger partial charge is 0.486 e. The van der Waals surface area contributed by atoms with E-state index in [2.05, 4.69) is 65.8 Å². The molecule has 17 heavy (non-hydrogen) atoms. The van der Waals surface area contributed by atoms with Crippen LogP contribution in [0.2, 0.25) is 0 Å². The van der Waals surface area contributed by atoms with Gasteiger partial charge in [0.1, 0.15) is 11.4 Å². The van der Waals surface area contributed by atoms with Gasteiger partial charge >= 0.3 is 0 Å². The van der Waals surface area contributed by atoms with E-state index in [1.165, 1.54) is 5.56 Å². The Morgan fingerprint density at radius 2 is 1.59 bits per heavy atom. The quantitative estimate of drug-likeness (QED) is 0.734. The van der Waals surface area contributed by atoms with Gasteiger partial charge in [0.25, 0.3) is 0 Å². The SMILES string of the molecule is CC(C)C(C)C1(C)Oc2ccccc2C1(C)C. The van der Waals surface area contributed by atoms with Gasteiger partial charge in [0.05, 0.1) is 0 Å². The summed E-state index contributed by atoms with van der Waals surface area (Å²) >= 11 is 0. The molecule has 0 saturated carbocycles. The van der Waals surface area contributed by atoms with E-state index in [0.717, 1.165) is 5.75 Å². The van der Waals surface area contributed by atoms with Crippen molar-refractivity contribution in [3.8, 4) is 5.75 Å². The summed E-state index contributed by atoms with van der Waals surface area (Å²) in [6.07, 6.45) is 0. The Labute approximate surface area is 105 Å². The topological polar surface area (TPSA) is 9.23 Å². The summed E-state index contributed by atoms with van der Waals surface area (Å²) in [6.45, 7) is 13.7. The summed E-state index contributed by atoms with van der Waals surface area (Å²) in [7, 11) is 0. The van der Waals surface area contributed by atoms with E-state index in [-0.39, 0.29) is 11.0 Å². The van der Waals surface area contributed by atoms with Gasteiger partial charge in [-0.05, 0) is 24.8 Å². The van der Waals surface area contributed by atoms with Crippen molar-refractivity contribution in [2.24, 2.45) is 11.8 Å². The maximum absolute atomic E-state index is 6.33. The van der Waals surface area contributed by atoms with Crippen LogP contribution < -0.4 is 4.74 Å². The number of hydrogen-bond acceptors (Lipinski definition) is 1. The van der Waals surface area contributed by atoms with E-state index in [1.54, 1.807) is 0 Å². The number of para-hydroxylation sites is 1. The molecular formula is C16H24O. The summed E-state index contributed by atoms with van der Waals surface area (Å²) < 4.78 is 6.33. The second kappa shape index (κ2) is 3.76. The minimum absolute atomic E-state index is 0.0628. The van der Waals surface area contributed by atoms with E-state index in [1.807, 2.05) is 0 Å². The monoisotopic (exact) mass is 232 g/mol. The van der Waals surface area contributed by atoms with E-state index < -0.39 is 0 Å². The average molecular weight is 232 g/mol. The molecule has 0 fully saturated rings. The summed E-state index contributed by atoms with van der Waals surface area (Å²) in [4.78, 5) is 0. The van der Waals surface area contributed by atoms with Gasteiger partial charge in [0.2, 0.25) is 0 Å². The van der Waals surface area contributed by atoms with Crippen LogP contribution in [0, 0.1) is 11.8 Å². The number of ether oxygens (including phenoxy) is 1. The van der Waals surface area contributed by atoms with Gasteiger partial charge in [-0.3, -0.25) is 0 Å². The predicted molar refractivity (Wildman–Crippen MR) is 72.5 cm³/mol. The lowest BCUT2D eigenvalue weighted by atomic mass is 9.65. The molecule has 1 heterocycles. The normalized spacial score (nSPS) is 27.7. The zero-order valence-corrected chi connectivity index (χ0v) is 11.9. The first-order valence-corrected chi connectivity index (χ1v) is 6.59. The zero-order valence-electron chi connectivity index (χ0n) is 11.9. The average Bonchev–Trinajstić information content (AvgIpc) is 2.47. The van der Waals surface area contributed by atoms with Crippen molar-refractivity contribution in [1.82, 2.24) is 0 Å². The summed E-state index contributed by atoms with van der Waals surface area (Å²) in [5.74, 6) is 2.20. The number of hydrogen-bond donors (Lipinski definition) is 0. The Morgan fingerprint density at radius 3 is 2.12 bits per heavy atom. The molecule has 0 saturated heterocycles. The van der Waals surface area contributed by atoms with Crippen molar-refractivity contribution in [3.63, 3.8) is 0 Å². The molecule has 1 heteroatoms. The summed E-state index contributed by atoms with van der Waals surface area (Å²) in [6, 6.07) is 8.46. The minimum atomic E-state index is -0.120. The fourth-order valence-corrected chi connectivity index (χ4v) is 2.99. The van der Waals surface area contributed by atoms with Gasteiger partial charge in [-0.2, -0.15) is 0 Å². The van der Waals surface area contributed by atoms with Crippen molar-refractivity contribution in [2.45, 2.75) is 52.6 Å². The Hall–Kier alpha value is -0.980. The molecule has 1 aliphatic heterocycles. The lowest BCUT2D eigenvalue weighted by Gasteiger charge is -2.43. The molecule has 94 valence electrons. The molecular weight excluding hydrogens is 208 g/mol. The van der Waals surface area contributed by atoms with Crippen LogP contribution in [0.5, 0.6) is 5.75 Å². The molecule has 2 rings (SSSR count). The van der Waals surface area contributed by atoms with Crippen LogP contribution in [0.4, 0.5) is 0 Å². The smallest absolute Gasteiger partial charge is 0.124 e. The lowest BCUT2D eigenvalue weighted by Crippen LogP contribution is -2.51. The Kier molecular flexibility index (Phi) is 2.76. The Morgan fingerprint density at radius 1 is 1.00 bits per heavy atom. The van der Waals surface area contributed by atoms with Gasteiger partial charge in [0, 0.05) is 11.0 Å². The highest BCUT2D eigenvalue weighted by Crippen LogP contribution is 2.53. The van der Waals surface area contributed by atoms with Crippen LogP contribution in [0.25, 0.3) is 0 Å². The van der Waals surface area contributed by atoms with Crippen molar-refractivity contribution in [1.29, 1.82) is 0 Å². The van der Waals surface area contributed by atoms with Crippen molar-refractivity contribution in [3.05, 3.63) is 29.8 Å². The van der Waals surface area contributed by atoms with E-state index >= 15 is 0 Å². The first kappa shape index (κ1) is 12.5. The molecule has 1 aromatic rings. The standard InChI is InChI=1S/C16H24O/c1-11(2)12(3)16(6)15(4,5)13-9-7-8-10-14(13)17-16/h7-12H,1-6H3. The Balaban J connectivity index is 2.49. The third kappa shape index (κ3) is 1.59. The summed E-state index contributed by atoms with van der Waals surface area (Å²) in [5, 5.41) is 0. The molecule has 1 aliphatic rings. The first-order chi connectivity index (χ1) is 7.80. The maximum atomic E-state index is 6.33. The van der Waals surface area contributed by atoms with Gasteiger partial charge in [-0.1, -0.05) is 52.8 Å². The fourth-order valence-electron chi connectivity index (χ4n) is 2.99. The molecule has 0 spiro atoms. The van der Waals surface area contributed by atoms with Crippen molar-refractivity contribution >= 4 is 0 Å². The lowest BCUT2D eigenvalue weighted by molar-refractivity contribution is -0.0195. The van der Waals surface area contributed by atoms with Gasteiger partial charge in [0.15, 0.2) is 0 Å². The molecule has 0 N–H and O–H groups in total. The molecule has 0 amide bonds. The van der Waals surface area contributed by atoms with E-state index in [0.29, 0.717) is 11.8 Å². The molecule has 2 atom stereocenters. The van der Waals surface area contributed by atoms with Crippen LogP contribution in [-0.2, 0) is 5.41 Å². The predicted octanol–water partition coefficient (Wildman–Crippen LogP) is 4.41. The second-order valence-electron chi connectivity index (χ2n) is 6.36. The van der Waals surface area contributed by atoms with Gasteiger partial charge < -0.3 is 4.74 Å². The number of benzene rings is 1. The molecule has 0 aliphatic carbocycles. The van der Waals surface area contributed by atoms with Gasteiger partial charge in [-0.25, -0.2) is 0 Å². The third-order valence-electron chi connectivity index (χ3n) is 4.99. The fraction of sp³-hybridized carbons (Fsp3) is 0.625.